The molecule has 20 heavy (non-hydrogen) atoms. The van der Waals surface area contributed by atoms with Crippen LogP contribution in [-0.4, -0.2) is 4.98 Å². The molecule has 1 heterocycles. The van der Waals surface area contributed by atoms with Crippen molar-refractivity contribution in [1.82, 2.24) is 4.98 Å². The molecule has 0 fully saturated rings. The Morgan fingerprint density at radius 2 is 2.10 bits per heavy atom. The maximum atomic E-state index is 14.1. The zero-order valence-corrected chi connectivity index (χ0v) is 11.4. The Kier molecular flexibility index (Phi) is 3.10. The van der Waals surface area contributed by atoms with Crippen LogP contribution in [0.1, 0.15) is 22.1 Å². The molecule has 0 amide bonds. The van der Waals surface area contributed by atoms with Gasteiger partial charge in [-0.25, -0.2) is 9.18 Å². The fourth-order valence-corrected chi connectivity index (χ4v) is 2.47. The van der Waals surface area contributed by atoms with Crippen molar-refractivity contribution in [3.63, 3.8) is 0 Å². The number of alkyl halides is 1. The largest absolute Gasteiger partial charge is 0.417 e. The van der Waals surface area contributed by atoms with Crippen molar-refractivity contribution in [3.05, 3.63) is 69.5 Å². The first-order valence-electron chi connectivity index (χ1n) is 6.08. The summed E-state index contributed by atoms with van der Waals surface area (Å²) in [4.78, 5) is 13.7. The Bertz CT molecular complexity index is 837. The lowest BCUT2D eigenvalue weighted by atomic mass is 10.0. The molecule has 0 radical (unpaired) electrons. The minimum absolute atomic E-state index is 0.317. The highest BCUT2D eigenvalue weighted by atomic mass is 35.5. The fraction of sp³-hybridized carbons (Fsp3) is 0.133. The van der Waals surface area contributed by atoms with Crippen LogP contribution < -0.4 is 5.76 Å². The van der Waals surface area contributed by atoms with Crippen LogP contribution in [0.4, 0.5) is 4.39 Å². The third-order valence-corrected chi connectivity index (χ3v) is 3.72. The standard InChI is InChI=1S/C15H11ClFNO2/c1-8-3-2-4-10(14(8)17)13(16)9-5-6-11-12(7-9)20-15(19)18-11/h2-7,13H,1H3,(H,18,19). The minimum atomic E-state index is -0.639. The number of oxazole rings is 1. The summed E-state index contributed by atoms with van der Waals surface area (Å²) in [7, 11) is 0. The van der Waals surface area contributed by atoms with E-state index in [9.17, 15) is 9.18 Å². The molecule has 0 aliphatic rings. The van der Waals surface area contributed by atoms with E-state index in [2.05, 4.69) is 4.98 Å². The van der Waals surface area contributed by atoms with Gasteiger partial charge < -0.3 is 4.42 Å². The van der Waals surface area contributed by atoms with E-state index in [0.29, 0.717) is 27.8 Å². The number of aryl methyl sites for hydroxylation is 1. The Labute approximate surface area is 119 Å². The van der Waals surface area contributed by atoms with Crippen LogP contribution >= 0.6 is 11.6 Å². The van der Waals surface area contributed by atoms with Crippen LogP contribution in [0.2, 0.25) is 0 Å². The summed E-state index contributed by atoms with van der Waals surface area (Å²) in [6, 6.07) is 10.2. The summed E-state index contributed by atoms with van der Waals surface area (Å²) in [6.45, 7) is 1.69. The highest BCUT2D eigenvalue weighted by Gasteiger charge is 2.17. The molecule has 1 unspecified atom stereocenters. The summed E-state index contributed by atoms with van der Waals surface area (Å²) in [5, 5.41) is -0.639. The van der Waals surface area contributed by atoms with Crippen molar-refractivity contribution < 1.29 is 8.81 Å². The first-order valence-corrected chi connectivity index (χ1v) is 6.52. The first kappa shape index (κ1) is 12.9. The predicted molar refractivity (Wildman–Crippen MR) is 75.7 cm³/mol. The predicted octanol–water partition coefficient (Wildman–Crippen LogP) is 3.90. The molecule has 1 aromatic heterocycles. The second kappa shape index (κ2) is 4.80. The van der Waals surface area contributed by atoms with E-state index in [-0.39, 0.29) is 5.82 Å². The first-order chi connectivity index (χ1) is 9.56. The molecule has 3 rings (SSSR count). The van der Waals surface area contributed by atoms with Crippen molar-refractivity contribution in [1.29, 1.82) is 0 Å². The Morgan fingerprint density at radius 3 is 2.90 bits per heavy atom. The van der Waals surface area contributed by atoms with E-state index in [0.717, 1.165) is 0 Å². The Morgan fingerprint density at radius 1 is 1.30 bits per heavy atom. The smallest absolute Gasteiger partial charge is 0.408 e. The van der Waals surface area contributed by atoms with Gasteiger partial charge in [-0.3, -0.25) is 4.98 Å². The summed E-state index contributed by atoms with van der Waals surface area (Å²) in [5.41, 5.74) is 2.62. The number of benzene rings is 2. The van der Waals surface area contributed by atoms with Gasteiger partial charge in [0, 0.05) is 5.56 Å². The fourth-order valence-electron chi connectivity index (χ4n) is 2.17. The third kappa shape index (κ3) is 2.12. The van der Waals surface area contributed by atoms with Gasteiger partial charge in [0.05, 0.1) is 10.9 Å². The zero-order valence-electron chi connectivity index (χ0n) is 10.6. The number of hydrogen-bond acceptors (Lipinski definition) is 2. The average Bonchev–Trinajstić information content (AvgIpc) is 2.80. The molecule has 2 aromatic carbocycles. The van der Waals surface area contributed by atoms with Gasteiger partial charge in [-0.1, -0.05) is 24.3 Å². The van der Waals surface area contributed by atoms with E-state index in [1.165, 1.54) is 0 Å². The molecule has 1 atom stereocenters. The van der Waals surface area contributed by atoms with Gasteiger partial charge in [0.25, 0.3) is 0 Å². The lowest BCUT2D eigenvalue weighted by Gasteiger charge is -2.12. The van der Waals surface area contributed by atoms with Gasteiger partial charge in [0.2, 0.25) is 0 Å². The Hall–Kier alpha value is -2.07. The molecular formula is C15H11ClFNO2. The van der Waals surface area contributed by atoms with Crippen LogP contribution in [0.15, 0.2) is 45.6 Å². The van der Waals surface area contributed by atoms with Crippen LogP contribution in [0.3, 0.4) is 0 Å². The van der Waals surface area contributed by atoms with E-state index in [4.69, 9.17) is 16.0 Å². The third-order valence-electron chi connectivity index (χ3n) is 3.23. The SMILES string of the molecule is Cc1cccc(C(Cl)c2ccc3[nH]c(=O)oc3c2)c1F. The van der Waals surface area contributed by atoms with Crippen LogP contribution in [0, 0.1) is 12.7 Å². The summed E-state index contributed by atoms with van der Waals surface area (Å²) in [5.74, 6) is -0.840. The van der Waals surface area contributed by atoms with Crippen molar-refractivity contribution in [2.45, 2.75) is 12.3 Å². The monoisotopic (exact) mass is 291 g/mol. The second-order valence-electron chi connectivity index (χ2n) is 4.61. The number of rotatable bonds is 2. The van der Waals surface area contributed by atoms with Crippen molar-refractivity contribution in [3.8, 4) is 0 Å². The maximum Gasteiger partial charge on any atom is 0.417 e. The van der Waals surface area contributed by atoms with Gasteiger partial charge in [-0.2, -0.15) is 0 Å². The van der Waals surface area contributed by atoms with E-state index >= 15 is 0 Å². The van der Waals surface area contributed by atoms with Gasteiger partial charge in [0.1, 0.15) is 5.82 Å². The normalized spacial score (nSPS) is 12.8. The summed E-state index contributed by atoms with van der Waals surface area (Å²) < 4.78 is 19.1. The van der Waals surface area contributed by atoms with Crippen LogP contribution in [0.5, 0.6) is 0 Å². The molecule has 0 saturated heterocycles. The number of halogens is 2. The summed E-state index contributed by atoms with van der Waals surface area (Å²) in [6.07, 6.45) is 0. The highest BCUT2D eigenvalue weighted by Crippen LogP contribution is 2.32. The maximum absolute atomic E-state index is 14.1. The second-order valence-corrected chi connectivity index (χ2v) is 5.05. The van der Waals surface area contributed by atoms with E-state index in [1.807, 2.05) is 0 Å². The van der Waals surface area contributed by atoms with E-state index < -0.39 is 11.1 Å². The molecule has 5 heteroatoms. The number of nitrogens with one attached hydrogen (secondary N) is 1. The van der Waals surface area contributed by atoms with Gasteiger partial charge >= 0.3 is 5.76 Å². The average molecular weight is 292 g/mol. The number of fused-ring (bicyclic) bond motifs is 1. The number of aromatic amines is 1. The van der Waals surface area contributed by atoms with Crippen molar-refractivity contribution >= 4 is 22.7 Å². The quantitative estimate of drug-likeness (QED) is 0.728. The molecule has 0 saturated carbocycles. The lowest BCUT2D eigenvalue weighted by Crippen LogP contribution is -1.98. The zero-order chi connectivity index (χ0) is 14.3. The molecule has 0 bridgehead atoms. The molecular weight excluding hydrogens is 281 g/mol. The number of aromatic nitrogens is 1. The molecule has 0 spiro atoms. The minimum Gasteiger partial charge on any atom is -0.408 e. The molecule has 3 nitrogen and oxygen atoms in total. The topological polar surface area (TPSA) is 46.0 Å². The highest BCUT2D eigenvalue weighted by molar-refractivity contribution is 6.22. The molecule has 0 aliphatic carbocycles. The molecule has 3 aromatic rings. The van der Waals surface area contributed by atoms with Crippen LogP contribution in [-0.2, 0) is 0 Å². The van der Waals surface area contributed by atoms with Gasteiger partial charge in [-0.15, -0.1) is 11.6 Å². The molecule has 0 aliphatic heterocycles. The summed E-state index contributed by atoms with van der Waals surface area (Å²) >= 11 is 6.35. The molecule has 1 N–H and O–H groups in total. The molecule has 102 valence electrons. The lowest BCUT2D eigenvalue weighted by molar-refractivity contribution is 0.555. The van der Waals surface area contributed by atoms with Crippen molar-refractivity contribution in [2.75, 3.05) is 0 Å². The van der Waals surface area contributed by atoms with Crippen molar-refractivity contribution in [2.24, 2.45) is 0 Å². The number of hydrogen-bond donors (Lipinski definition) is 1. The van der Waals surface area contributed by atoms with Crippen LogP contribution in [0.25, 0.3) is 11.1 Å². The van der Waals surface area contributed by atoms with Gasteiger partial charge in [0.15, 0.2) is 5.58 Å². The Balaban J connectivity index is 2.09. The van der Waals surface area contributed by atoms with E-state index in [1.54, 1.807) is 43.3 Å². The van der Waals surface area contributed by atoms with Gasteiger partial charge in [-0.05, 0) is 30.2 Å². The number of H-pyrrole nitrogens is 1.